The maximum atomic E-state index is 14.7. The average Bonchev–Trinajstić information content (AvgIpc) is 3.43. The third-order valence-corrected chi connectivity index (χ3v) is 6.46. The predicted molar refractivity (Wildman–Crippen MR) is 109 cm³/mol. The molecule has 3 aromatic rings. The van der Waals surface area contributed by atoms with Crippen molar-refractivity contribution in [2.45, 2.75) is 24.8 Å². The number of para-hydroxylation sites is 1. The highest BCUT2D eigenvalue weighted by molar-refractivity contribution is 6.08. The molecular weight excluding hydrogens is 402 g/mol. The first-order valence-corrected chi connectivity index (χ1v) is 10.00. The van der Waals surface area contributed by atoms with E-state index in [9.17, 15) is 18.4 Å². The fourth-order valence-electron chi connectivity index (χ4n) is 4.87. The van der Waals surface area contributed by atoms with E-state index in [1.807, 2.05) is 24.3 Å². The highest BCUT2D eigenvalue weighted by Crippen LogP contribution is 2.54. The number of imidazole rings is 1. The molecule has 3 heterocycles. The second-order valence-electron chi connectivity index (χ2n) is 8.08. The quantitative estimate of drug-likeness (QED) is 0.688. The maximum Gasteiger partial charge on any atom is 0.257 e. The first-order valence-electron chi connectivity index (χ1n) is 10.00. The van der Waals surface area contributed by atoms with Crippen molar-refractivity contribution in [2.24, 2.45) is 7.05 Å². The van der Waals surface area contributed by atoms with Crippen LogP contribution >= 0.6 is 0 Å². The summed E-state index contributed by atoms with van der Waals surface area (Å²) >= 11 is 0. The average molecular weight is 422 g/mol. The van der Waals surface area contributed by atoms with Gasteiger partial charge in [-0.15, -0.1) is 0 Å². The minimum atomic E-state index is -1.18. The van der Waals surface area contributed by atoms with Crippen LogP contribution in [0.2, 0.25) is 0 Å². The number of likely N-dealkylation sites (tertiary alicyclic amines) is 1. The van der Waals surface area contributed by atoms with Crippen LogP contribution in [0.3, 0.4) is 0 Å². The smallest absolute Gasteiger partial charge is 0.257 e. The molecule has 2 amide bonds. The van der Waals surface area contributed by atoms with Crippen molar-refractivity contribution in [2.75, 3.05) is 11.9 Å². The number of rotatable bonds is 2. The largest absolute Gasteiger partial charge is 0.336 e. The molecule has 0 aliphatic carbocycles. The highest BCUT2D eigenvalue weighted by atomic mass is 19.2. The van der Waals surface area contributed by atoms with Crippen LogP contribution in [0.1, 0.15) is 39.8 Å². The molecule has 1 fully saturated rings. The topological polar surface area (TPSA) is 67.2 Å². The van der Waals surface area contributed by atoms with Crippen molar-refractivity contribution in [3.05, 3.63) is 82.9 Å². The standard InChI is InChI=1S/C23H20F2N4O2/c1-13-7-8-14(18(25)17(13)24)21(30)29-11-9-23(19(29)20-26-10-12-28(20)2)15-5-3-4-6-16(15)27-22(23)31/h3-8,10,12,19H,9,11H2,1-2H3,(H,27,31)/t19-,23+/m0/s1. The molecule has 2 atom stereocenters. The molecule has 5 rings (SSSR count). The van der Waals surface area contributed by atoms with E-state index in [-0.39, 0.29) is 23.6 Å². The lowest BCUT2D eigenvalue weighted by molar-refractivity contribution is -0.121. The van der Waals surface area contributed by atoms with Crippen molar-refractivity contribution in [3.63, 3.8) is 0 Å². The van der Waals surface area contributed by atoms with Crippen LogP contribution in [0.15, 0.2) is 48.8 Å². The van der Waals surface area contributed by atoms with Crippen molar-refractivity contribution in [3.8, 4) is 0 Å². The molecule has 2 aromatic carbocycles. The molecule has 1 spiro atoms. The van der Waals surface area contributed by atoms with E-state index in [1.165, 1.54) is 24.0 Å². The van der Waals surface area contributed by atoms with Crippen LogP contribution in [-0.4, -0.2) is 32.8 Å². The van der Waals surface area contributed by atoms with Crippen LogP contribution in [0.5, 0.6) is 0 Å². The first kappa shape index (κ1) is 19.4. The number of aryl methyl sites for hydroxylation is 2. The van der Waals surface area contributed by atoms with E-state index in [0.29, 0.717) is 17.9 Å². The Morgan fingerprint density at radius 1 is 1.19 bits per heavy atom. The van der Waals surface area contributed by atoms with E-state index < -0.39 is 29.0 Å². The lowest BCUT2D eigenvalue weighted by Gasteiger charge is -2.33. The summed E-state index contributed by atoms with van der Waals surface area (Å²) in [5.74, 6) is -2.62. The number of benzene rings is 2. The number of amides is 2. The van der Waals surface area contributed by atoms with Gasteiger partial charge in [0.2, 0.25) is 5.91 Å². The molecule has 2 aliphatic rings. The van der Waals surface area contributed by atoms with Gasteiger partial charge in [0.15, 0.2) is 11.6 Å². The molecule has 158 valence electrons. The molecule has 1 saturated heterocycles. The Balaban J connectivity index is 1.68. The van der Waals surface area contributed by atoms with Crippen molar-refractivity contribution >= 4 is 17.5 Å². The Kier molecular flexibility index (Phi) is 4.22. The van der Waals surface area contributed by atoms with Crippen LogP contribution in [0.25, 0.3) is 0 Å². The molecule has 8 heteroatoms. The first-order chi connectivity index (χ1) is 14.9. The summed E-state index contributed by atoms with van der Waals surface area (Å²) in [4.78, 5) is 32.6. The van der Waals surface area contributed by atoms with Gasteiger partial charge in [0, 0.05) is 31.7 Å². The Hall–Kier alpha value is -3.55. The summed E-state index contributed by atoms with van der Waals surface area (Å²) in [6.07, 6.45) is 3.67. The number of nitrogens with one attached hydrogen (secondary N) is 1. The van der Waals surface area contributed by atoms with Gasteiger partial charge in [0.05, 0.1) is 5.56 Å². The fourth-order valence-corrected chi connectivity index (χ4v) is 4.87. The second-order valence-corrected chi connectivity index (χ2v) is 8.08. The third kappa shape index (κ3) is 2.57. The summed E-state index contributed by atoms with van der Waals surface area (Å²) in [5, 5.41) is 2.92. The van der Waals surface area contributed by atoms with E-state index in [0.717, 1.165) is 5.56 Å². The Morgan fingerprint density at radius 2 is 1.97 bits per heavy atom. The van der Waals surface area contributed by atoms with Gasteiger partial charge >= 0.3 is 0 Å². The van der Waals surface area contributed by atoms with Crippen LogP contribution in [0.4, 0.5) is 14.5 Å². The number of halogens is 2. The number of aromatic nitrogens is 2. The van der Waals surface area contributed by atoms with E-state index in [4.69, 9.17) is 0 Å². The van der Waals surface area contributed by atoms with Gasteiger partial charge in [-0.2, -0.15) is 0 Å². The monoisotopic (exact) mass is 422 g/mol. The number of carbonyl (C=O) groups is 2. The van der Waals surface area contributed by atoms with Crippen molar-refractivity contribution < 1.29 is 18.4 Å². The number of carbonyl (C=O) groups excluding carboxylic acids is 2. The zero-order valence-corrected chi connectivity index (χ0v) is 17.0. The predicted octanol–water partition coefficient (Wildman–Crippen LogP) is 3.48. The molecule has 0 unspecified atom stereocenters. The number of hydrogen-bond donors (Lipinski definition) is 1. The van der Waals surface area contributed by atoms with Gasteiger partial charge in [0.1, 0.15) is 17.3 Å². The zero-order valence-electron chi connectivity index (χ0n) is 17.0. The van der Waals surface area contributed by atoms with E-state index in [2.05, 4.69) is 10.3 Å². The fraction of sp³-hybridized carbons (Fsp3) is 0.261. The van der Waals surface area contributed by atoms with Crippen LogP contribution in [0, 0.1) is 18.6 Å². The normalized spacial score (nSPS) is 22.1. The maximum absolute atomic E-state index is 14.7. The number of anilines is 1. The van der Waals surface area contributed by atoms with Crippen LogP contribution < -0.4 is 5.32 Å². The Bertz CT molecular complexity index is 1240. The molecular formula is C23H20F2N4O2. The number of fused-ring (bicyclic) bond motifs is 2. The van der Waals surface area contributed by atoms with Gasteiger partial charge < -0.3 is 14.8 Å². The molecule has 1 aromatic heterocycles. The Labute approximate surface area is 177 Å². The molecule has 0 saturated carbocycles. The van der Waals surface area contributed by atoms with Crippen molar-refractivity contribution in [1.82, 2.24) is 14.5 Å². The Morgan fingerprint density at radius 3 is 2.71 bits per heavy atom. The molecule has 0 radical (unpaired) electrons. The highest BCUT2D eigenvalue weighted by Gasteiger charge is 2.60. The van der Waals surface area contributed by atoms with Gasteiger partial charge in [-0.1, -0.05) is 24.3 Å². The lowest BCUT2D eigenvalue weighted by atomic mass is 9.74. The summed E-state index contributed by atoms with van der Waals surface area (Å²) in [7, 11) is 1.78. The van der Waals surface area contributed by atoms with Gasteiger partial charge in [-0.05, 0) is 36.6 Å². The van der Waals surface area contributed by atoms with Gasteiger partial charge in [0.25, 0.3) is 5.91 Å². The molecule has 6 nitrogen and oxygen atoms in total. The molecule has 31 heavy (non-hydrogen) atoms. The van der Waals surface area contributed by atoms with E-state index in [1.54, 1.807) is 24.0 Å². The minimum Gasteiger partial charge on any atom is -0.336 e. The SMILES string of the molecule is Cc1ccc(C(=O)N2CC[C@]3(C(=O)Nc4ccccc43)[C@@H]2c2nccn2C)c(F)c1F. The van der Waals surface area contributed by atoms with Crippen molar-refractivity contribution in [1.29, 1.82) is 0 Å². The number of hydrogen-bond acceptors (Lipinski definition) is 3. The zero-order chi connectivity index (χ0) is 21.9. The molecule has 0 bridgehead atoms. The number of nitrogens with zero attached hydrogens (tertiary/aromatic N) is 3. The lowest BCUT2D eigenvalue weighted by Crippen LogP contribution is -2.44. The van der Waals surface area contributed by atoms with Gasteiger partial charge in [-0.25, -0.2) is 13.8 Å². The van der Waals surface area contributed by atoms with Crippen LogP contribution in [-0.2, 0) is 17.3 Å². The second kappa shape index (κ2) is 6.73. The summed E-state index contributed by atoms with van der Waals surface area (Å²) in [6, 6.07) is 9.25. The molecule has 2 aliphatic heterocycles. The summed E-state index contributed by atoms with van der Waals surface area (Å²) < 4.78 is 30.6. The van der Waals surface area contributed by atoms with Gasteiger partial charge in [-0.3, -0.25) is 9.59 Å². The summed E-state index contributed by atoms with van der Waals surface area (Å²) in [5.41, 5.74) is 0.167. The molecule has 1 N–H and O–H groups in total. The van der Waals surface area contributed by atoms with E-state index >= 15 is 0 Å². The third-order valence-electron chi connectivity index (χ3n) is 6.46. The minimum absolute atomic E-state index is 0.122. The summed E-state index contributed by atoms with van der Waals surface area (Å²) in [6.45, 7) is 1.64.